The van der Waals surface area contributed by atoms with Crippen molar-refractivity contribution >= 4 is 26.7 Å². The standard InChI is InChI=1S/C31H33N5O4S/c1-7-24-20(5)31(37)36(26-16-18(3)33-25(8-2)28(24)26)17-22-11-13-23(14-12-22)29-27(10-9-15-32-29)41(38,39)35-30-19(4)21(6)40-34-30/h9-16H,7-8,17H2,1-6H3,(H,34,35). The number of pyridine rings is 3. The number of rotatable bonds is 8. The number of nitrogens with one attached hydrogen (secondary N) is 1. The van der Waals surface area contributed by atoms with Crippen molar-refractivity contribution in [1.29, 1.82) is 0 Å². The molecule has 0 bridgehead atoms. The normalized spacial score (nSPS) is 11.8. The molecule has 5 rings (SSSR count). The molecule has 0 aliphatic heterocycles. The van der Waals surface area contributed by atoms with Crippen LogP contribution in [-0.4, -0.2) is 28.1 Å². The summed E-state index contributed by atoms with van der Waals surface area (Å²) in [6.45, 7) is 11.8. The van der Waals surface area contributed by atoms with E-state index < -0.39 is 10.0 Å². The van der Waals surface area contributed by atoms with Crippen molar-refractivity contribution in [3.63, 3.8) is 0 Å². The summed E-state index contributed by atoms with van der Waals surface area (Å²) in [6.07, 6.45) is 3.08. The summed E-state index contributed by atoms with van der Waals surface area (Å²) in [5, 5.41) is 4.88. The molecule has 41 heavy (non-hydrogen) atoms. The van der Waals surface area contributed by atoms with E-state index in [1.165, 1.54) is 6.07 Å². The van der Waals surface area contributed by atoms with Crippen molar-refractivity contribution in [3.05, 3.63) is 98.4 Å². The van der Waals surface area contributed by atoms with Gasteiger partial charge in [-0.1, -0.05) is 43.3 Å². The van der Waals surface area contributed by atoms with Crippen LogP contribution in [0.25, 0.3) is 22.2 Å². The lowest BCUT2D eigenvalue weighted by Crippen LogP contribution is -2.26. The van der Waals surface area contributed by atoms with E-state index in [9.17, 15) is 13.2 Å². The molecule has 0 saturated heterocycles. The molecule has 212 valence electrons. The molecule has 0 atom stereocenters. The molecule has 0 fully saturated rings. The molecule has 0 aliphatic carbocycles. The number of aryl methyl sites for hydroxylation is 4. The number of aromatic nitrogens is 4. The third-order valence-electron chi connectivity index (χ3n) is 7.52. The predicted molar refractivity (Wildman–Crippen MR) is 160 cm³/mol. The molecule has 4 heterocycles. The minimum Gasteiger partial charge on any atom is -0.359 e. The Balaban J connectivity index is 1.53. The van der Waals surface area contributed by atoms with Gasteiger partial charge in [-0.25, -0.2) is 8.42 Å². The second-order valence-corrected chi connectivity index (χ2v) is 11.8. The highest BCUT2D eigenvalue weighted by Crippen LogP contribution is 2.29. The Labute approximate surface area is 239 Å². The SMILES string of the molecule is CCc1nc(C)cc2c1c(CC)c(C)c(=O)n2Cc1ccc(-c2ncccc2S(=O)(=O)Nc2noc(C)c2C)cc1. The molecule has 1 N–H and O–H groups in total. The van der Waals surface area contributed by atoms with Crippen LogP contribution in [0.3, 0.4) is 0 Å². The number of anilines is 1. The molecule has 0 amide bonds. The third kappa shape index (κ3) is 5.15. The Morgan fingerprint density at radius 2 is 1.71 bits per heavy atom. The van der Waals surface area contributed by atoms with Gasteiger partial charge in [0.05, 0.1) is 17.8 Å². The van der Waals surface area contributed by atoms with E-state index in [1.54, 1.807) is 26.1 Å². The summed E-state index contributed by atoms with van der Waals surface area (Å²) >= 11 is 0. The van der Waals surface area contributed by atoms with Gasteiger partial charge in [-0.2, -0.15) is 0 Å². The van der Waals surface area contributed by atoms with Gasteiger partial charge in [-0.05, 0) is 69.9 Å². The minimum absolute atomic E-state index is 0.0198. The van der Waals surface area contributed by atoms with Gasteiger partial charge in [0.1, 0.15) is 10.7 Å². The van der Waals surface area contributed by atoms with Crippen molar-refractivity contribution in [1.82, 2.24) is 19.7 Å². The Morgan fingerprint density at radius 1 is 0.976 bits per heavy atom. The van der Waals surface area contributed by atoms with Crippen LogP contribution in [0, 0.1) is 27.7 Å². The van der Waals surface area contributed by atoms with Gasteiger partial charge in [0.25, 0.3) is 15.6 Å². The highest BCUT2D eigenvalue weighted by molar-refractivity contribution is 7.92. The molecular weight excluding hydrogens is 538 g/mol. The largest absolute Gasteiger partial charge is 0.359 e. The third-order valence-corrected chi connectivity index (χ3v) is 8.89. The molecule has 0 radical (unpaired) electrons. The maximum atomic E-state index is 13.5. The zero-order valence-corrected chi connectivity index (χ0v) is 24.9. The van der Waals surface area contributed by atoms with Crippen LogP contribution >= 0.6 is 0 Å². The first-order valence-corrected chi connectivity index (χ1v) is 15.1. The van der Waals surface area contributed by atoms with Gasteiger partial charge in [-0.15, -0.1) is 0 Å². The topological polar surface area (TPSA) is 120 Å². The van der Waals surface area contributed by atoms with Crippen LogP contribution < -0.4 is 10.3 Å². The smallest absolute Gasteiger partial charge is 0.265 e. The number of hydrogen-bond donors (Lipinski definition) is 1. The number of fused-ring (bicyclic) bond motifs is 1. The first-order valence-electron chi connectivity index (χ1n) is 13.6. The van der Waals surface area contributed by atoms with E-state index in [0.717, 1.165) is 51.8 Å². The van der Waals surface area contributed by atoms with Crippen molar-refractivity contribution < 1.29 is 12.9 Å². The first kappa shape index (κ1) is 28.2. The Kier molecular flexibility index (Phi) is 7.52. The van der Waals surface area contributed by atoms with Gasteiger partial charge in [-0.3, -0.25) is 19.5 Å². The lowest BCUT2D eigenvalue weighted by Gasteiger charge is -2.18. The van der Waals surface area contributed by atoms with Crippen LogP contribution in [0.1, 0.15) is 53.2 Å². The van der Waals surface area contributed by atoms with Gasteiger partial charge in [0.2, 0.25) is 0 Å². The van der Waals surface area contributed by atoms with E-state index in [-0.39, 0.29) is 16.3 Å². The van der Waals surface area contributed by atoms with Crippen molar-refractivity contribution in [2.24, 2.45) is 0 Å². The van der Waals surface area contributed by atoms with Crippen LogP contribution in [0.4, 0.5) is 5.82 Å². The summed E-state index contributed by atoms with van der Waals surface area (Å²) in [5.74, 6) is 0.680. The maximum absolute atomic E-state index is 13.5. The summed E-state index contributed by atoms with van der Waals surface area (Å²) in [6, 6.07) is 12.5. The van der Waals surface area contributed by atoms with Crippen LogP contribution in [0.2, 0.25) is 0 Å². The fourth-order valence-corrected chi connectivity index (χ4v) is 6.45. The molecule has 0 spiro atoms. The molecule has 10 heteroatoms. The molecule has 0 unspecified atom stereocenters. The Hall–Kier alpha value is -4.31. The molecule has 0 saturated carbocycles. The first-order chi connectivity index (χ1) is 19.6. The summed E-state index contributed by atoms with van der Waals surface area (Å²) < 4.78 is 36.1. The second-order valence-electron chi connectivity index (χ2n) is 10.2. The van der Waals surface area contributed by atoms with Gasteiger partial charge in [0.15, 0.2) is 5.82 Å². The molecular formula is C31H33N5O4S. The highest BCUT2D eigenvalue weighted by atomic mass is 32.2. The van der Waals surface area contributed by atoms with Crippen molar-refractivity contribution in [2.75, 3.05) is 4.72 Å². The number of nitrogens with zero attached hydrogens (tertiary/aromatic N) is 4. The highest BCUT2D eigenvalue weighted by Gasteiger charge is 2.23. The molecule has 1 aromatic carbocycles. The predicted octanol–water partition coefficient (Wildman–Crippen LogP) is 5.65. The zero-order chi connectivity index (χ0) is 29.5. The van der Waals surface area contributed by atoms with Gasteiger partial charge in [0, 0.05) is 39.7 Å². The van der Waals surface area contributed by atoms with Gasteiger partial charge >= 0.3 is 0 Å². The van der Waals surface area contributed by atoms with E-state index in [4.69, 9.17) is 9.51 Å². The molecule has 4 aromatic heterocycles. The van der Waals surface area contributed by atoms with E-state index >= 15 is 0 Å². The van der Waals surface area contributed by atoms with Crippen molar-refractivity contribution in [3.8, 4) is 11.3 Å². The quantitative estimate of drug-likeness (QED) is 0.255. The number of hydrogen-bond acceptors (Lipinski definition) is 7. The van der Waals surface area contributed by atoms with Crippen LogP contribution in [-0.2, 0) is 29.4 Å². The van der Waals surface area contributed by atoms with Gasteiger partial charge < -0.3 is 9.09 Å². The van der Waals surface area contributed by atoms with Crippen LogP contribution in [0.5, 0.6) is 0 Å². The van der Waals surface area contributed by atoms with E-state index in [1.807, 2.05) is 48.7 Å². The number of benzene rings is 1. The monoisotopic (exact) mass is 571 g/mol. The fraction of sp³-hybridized carbons (Fsp3) is 0.290. The van der Waals surface area contributed by atoms with E-state index in [0.29, 0.717) is 29.1 Å². The van der Waals surface area contributed by atoms with Crippen molar-refractivity contribution in [2.45, 2.75) is 65.8 Å². The van der Waals surface area contributed by atoms with E-state index in [2.05, 4.69) is 28.7 Å². The summed E-state index contributed by atoms with van der Waals surface area (Å²) in [7, 11) is -4.00. The molecule has 0 aliphatic rings. The average molecular weight is 572 g/mol. The summed E-state index contributed by atoms with van der Waals surface area (Å²) in [4.78, 5) is 22.7. The molecule has 9 nitrogen and oxygen atoms in total. The Morgan fingerprint density at radius 3 is 2.34 bits per heavy atom. The lowest BCUT2D eigenvalue weighted by molar-refractivity contribution is 0.399. The van der Waals surface area contributed by atoms with Crippen LogP contribution in [0.15, 0.2) is 62.9 Å². The Bertz CT molecular complexity index is 1940. The molecule has 5 aromatic rings. The second kappa shape index (κ2) is 10.9. The summed E-state index contributed by atoms with van der Waals surface area (Å²) in [5.41, 5.74) is 6.98. The zero-order valence-electron chi connectivity index (χ0n) is 24.1. The minimum atomic E-state index is -4.00. The maximum Gasteiger partial charge on any atom is 0.265 e. The average Bonchev–Trinajstić information content (AvgIpc) is 3.27. The lowest BCUT2D eigenvalue weighted by atomic mass is 9.98. The number of sulfonamides is 1. The fourth-order valence-electron chi connectivity index (χ4n) is 5.21.